The summed E-state index contributed by atoms with van der Waals surface area (Å²) in [6.07, 6.45) is 1.77. The Hall–Kier alpha value is -2.31. The van der Waals surface area contributed by atoms with Gasteiger partial charge in [0.25, 0.3) is 0 Å². The fraction of sp³-hybridized carbons (Fsp3) is 0.211. The van der Waals surface area contributed by atoms with Crippen molar-refractivity contribution in [1.82, 2.24) is 19.7 Å². The SMILES string of the molecule is Cn1c(SCCCc2nc3ccccc3o2)nnc1-c1ccc(Cl)cc1. The van der Waals surface area contributed by atoms with Gasteiger partial charge in [-0.15, -0.1) is 10.2 Å². The van der Waals surface area contributed by atoms with E-state index in [9.17, 15) is 0 Å². The van der Waals surface area contributed by atoms with Gasteiger partial charge in [-0.25, -0.2) is 4.98 Å². The number of oxazole rings is 1. The molecule has 7 heteroatoms. The number of rotatable bonds is 6. The van der Waals surface area contributed by atoms with Gasteiger partial charge in [0.1, 0.15) is 5.52 Å². The van der Waals surface area contributed by atoms with Crippen molar-refractivity contribution < 1.29 is 4.42 Å². The van der Waals surface area contributed by atoms with Crippen LogP contribution in [-0.2, 0) is 13.5 Å². The van der Waals surface area contributed by atoms with Crippen molar-refractivity contribution in [3.8, 4) is 11.4 Å². The molecule has 0 atom stereocenters. The molecule has 0 N–H and O–H groups in total. The zero-order chi connectivity index (χ0) is 17.9. The number of benzene rings is 2. The van der Waals surface area contributed by atoms with Crippen molar-refractivity contribution in [2.24, 2.45) is 7.05 Å². The third-order valence-electron chi connectivity index (χ3n) is 4.04. The molecule has 0 aliphatic rings. The first-order valence-electron chi connectivity index (χ1n) is 8.33. The van der Waals surface area contributed by atoms with Crippen LogP contribution in [0.4, 0.5) is 0 Å². The van der Waals surface area contributed by atoms with Crippen LogP contribution in [0.15, 0.2) is 58.1 Å². The molecule has 0 unspecified atom stereocenters. The minimum Gasteiger partial charge on any atom is -0.441 e. The lowest BCUT2D eigenvalue weighted by atomic mass is 10.2. The quantitative estimate of drug-likeness (QED) is 0.346. The zero-order valence-electron chi connectivity index (χ0n) is 14.2. The molecule has 26 heavy (non-hydrogen) atoms. The average molecular weight is 385 g/mol. The summed E-state index contributed by atoms with van der Waals surface area (Å²) in [6, 6.07) is 15.5. The van der Waals surface area contributed by atoms with Crippen LogP contribution in [0.2, 0.25) is 5.02 Å². The molecule has 4 aromatic rings. The third-order valence-corrected chi connectivity index (χ3v) is 5.40. The van der Waals surface area contributed by atoms with E-state index in [-0.39, 0.29) is 0 Å². The van der Waals surface area contributed by atoms with Crippen LogP contribution in [0.25, 0.3) is 22.5 Å². The highest BCUT2D eigenvalue weighted by atomic mass is 35.5. The van der Waals surface area contributed by atoms with Crippen LogP contribution in [0, 0.1) is 0 Å². The zero-order valence-corrected chi connectivity index (χ0v) is 15.8. The van der Waals surface area contributed by atoms with Crippen molar-refractivity contribution in [1.29, 1.82) is 0 Å². The fourth-order valence-electron chi connectivity index (χ4n) is 2.70. The predicted molar refractivity (Wildman–Crippen MR) is 105 cm³/mol. The Balaban J connectivity index is 1.35. The first-order valence-corrected chi connectivity index (χ1v) is 9.69. The Labute approximate surface area is 160 Å². The molecule has 0 radical (unpaired) electrons. The van der Waals surface area contributed by atoms with E-state index in [4.69, 9.17) is 16.0 Å². The van der Waals surface area contributed by atoms with Crippen LogP contribution in [-0.4, -0.2) is 25.5 Å². The third kappa shape index (κ3) is 3.61. The van der Waals surface area contributed by atoms with Crippen LogP contribution in [0.1, 0.15) is 12.3 Å². The summed E-state index contributed by atoms with van der Waals surface area (Å²) in [5.41, 5.74) is 2.76. The summed E-state index contributed by atoms with van der Waals surface area (Å²) >= 11 is 7.63. The first-order chi connectivity index (χ1) is 12.7. The molecule has 0 aliphatic carbocycles. The predicted octanol–water partition coefficient (Wildman–Crippen LogP) is 5.00. The van der Waals surface area contributed by atoms with Gasteiger partial charge in [-0.1, -0.05) is 35.5 Å². The molecule has 0 spiro atoms. The highest BCUT2D eigenvalue weighted by Gasteiger charge is 2.11. The standard InChI is InChI=1S/C19H17ClN4OS/c1-24-18(13-8-10-14(20)11-9-13)22-23-19(24)26-12-4-7-17-21-15-5-2-3-6-16(15)25-17/h2-3,5-6,8-11H,4,7,12H2,1H3. The van der Waals surface area contributed by atoms with Gasteiger partial charge in [-0.05, 0) is 42.8 Å². The molecule has 2 heterocycles. The lowest BCUT2D eigenvalue weighted by Crippen LogP contribution is -1.96. The summed E-state index contributed by atoms with van der Waals surface area (Å²) in [5, 5.41) is 10.2. The van der Waals surface area contributed by atoms with Crippen LogP contribution < -0.4 is 0 Å². The molecule has 132 valence electrons. The van der Waals surface area contributed by atoms with Crippen LogP contribution in [0.3, 0.4) is 0 Å². The van der Waals surface area contributed by atoms with Crippen LogP contribution in [0.5, 0.6) is 0 Å². The number of aromatic nitrogens is 4. The van der Waals surface area contributed by atoms with E-state index in [1.54, 1.807) is 11.8 Å². The minimum atomic E-state index is 0.713. The van der Waals surface area contributed by atoms with E-state index in [2.05, 4.69) is 15.2 Å². The Kier molecular flexibility index (Phi) is 4.95. The molecule has 0 amide bonds. The number of para-hydroxylation sites is 2. The summed E-state index contributed by atoms with van der Waals surface area (Å²) < 4.78 is 7.76. The van der Waals surface area contributed by atoms with Gasteiger partial charge in [0.05, 0.1) is 0 Å². The monoisotopic (exact) mass is 384 g/mol. The average Bonchev–Trinajstić information content (AvgIpc) is 3.23. The molecular formula is C19H17ClN4OS. The lowest BCUT2D eigenvalue weighted by Gasteiger charge is -2.03. The van der Waals surface area contributed by atoms with Crippen molar-refractivity contribution in [2.75, 3.05) is 5.75 Å². The maximum Gasteiger partial charge on any atom is 0.195 e. The van der Waals surface area contributed by atoms with E-state index in [0.29, 0.717) is 5.02 Å². The first kappa shape index (κ1) is 17.1. The number of aryl methyl sites for hydroxylation is 1. The molecule has 0 saturated carbocycles. The molecule has 4 rings (SSSR count). The largest absolute Gasteiger partial charge is 0.441 e. The number of thioether (sulfide) groups is 1. The Morgan fingerprint density at radius 1 is 1.08 bits per heavy atom. The highest BCUT2D eigenvalue weighted by molar-refractivity contribution is 7.99. The summed E-state index contributed by atoms with van der Waals surface area (Å²) in [4.78, 5) is 4.51. The number of hydrogen-bond acceptors (Lipinski definition) is 5. The normalized spacial score (nSPS) is 11.3. The van der Waals surface area contributed by atoms with Crippen molar-refractivity contribution >= 4 is 34.5 Å². The van der Waals surface area contributed by atoms with E-state index in [0.717, 1.165) is 52.1 Å². The van der Waals surface area contributed by atoms with E-state index < -0.39 is 0 Å². The number of fused-ring (bicyclic) bond motifs is 1. The van der Waals surface area contributed by atoms with E-state index in [1.807, 2.05) is 60.1 Å². The summed E-state index contributed by atoms with van der Waals surface area (Å²) in [7, 11) is 1.98. The van der Waals surface area contributed by atoms with Gasteiger partial charge in [-0.2, -0.15) is 0 Å². The second kappa shape index (κ2) is 7.51. The highest BCUT2D eigenvalue weighted by Crippen LogP contribution is 2.24. The second-order valence-electron chi connectivity index (χ2n) is 5.90. The number of hydrogen-bond donors (Lipinski definition) is 0. The number of halogens is 1. The number of nitrogens with zero attached hydrogens (tertiary/aromatic N) is 4. The van der Waals surface area contributed by atoms with Gasteiger partial charge in [-0.3, -0.25) is 0 Å². The van der Waals surface area contributed by atoms with Gasteiger partial charge in [0.2, 0.25) is 0 Å². The van der Waals surface area contributed by atoms with Crippen LogP contribution >= 0.6 is 23.4 Å². The van der Waals surface area contributed by atoms with Crippen molar-refractivity contribution in [3.05, 3.63) is 59.4 Å². The lowest BCUT2D eigenvalue weighted by molar-refractivity contribution is 0.526. The Bertz CT molecular complexity index is 993. The van der Waals surface area contributed by atoms with Gasteiger partial charge in [0.15, 0.2) is 22.5 Å². The van der Waals surface area contributed by atoms with Gasteiger partial charge in [0, 0.05) is 29.8 Å². The van der Waals surface area contributed by atoms with Gasteiger partial charge >= 0.3 is 0 Å². The van der Waals surface area contributed by atoms with E-state index >= 15 is 0 Å². The minimum absolute atomic E-state index is 0.713. The van der Waals surface area contributed by atoms with Crippen molar-refractivity contribution in [3.63, 3.8) is 0 Å². The molecule has 2 aromatic heterocycles. The molecular weight excluding hydrogens is 368 g/mol. The maximum absolute atomic E-state index is 5.95. The Morgan fingerprint density at radius 2 is 1.88 bits per heavy atom. The van der Waals surface area contributed by atoms with Crippen molar-refractivity contribution in [2.45, 2.75) is 18.0 Å². The maximum atomic E-state index is 5.95. The fourth-order valence-corrected chi connectivity index (χ4v) is 3.68. The summed E-state index contributed by atoms with van der Waals surface area (Å²) in [5.74, 6) is 2.54. The molecule has 2 aromatic carbocycles. The van der Waals surface area contributed by atoms with E-state index in [1.165, 1.54) is 0 Å². The topological polar surface area (TPSA) is 56.7 Å². The molecule has 0 fully saturated rings. The smallest absolute Gasteiger partial charge is 0.195 e. The Morgan fingerprint density at radius 3 is 2.69 bits per heavy atom. The molecule has 0 saturated heterocycles. The summed E-state index contributed by atoms with van der Waals surface area (Å²) in [6.45, 7) is 0. The molecule has 0 aliphatic heterocycles. The van der Waals surface area contributed by atoms with Gasteiger partial charge < -0.3 is 8.98 Å². The second-order valence-corrected chi connectivity index (χ2v) is 7.40. The molecule has 0 bridgehead atoms. The molecule has 5 nitrogen and oxygen atoms in total.